The van der Waals surface area contributed by atoms with Crippen molar-refractivity contribution in [2.75, 3.05) is 6.61 Å². The fourth-order valence-electron chi connectivity index (χ4n) is 1.90. The van der Waals surface area contributed by atoms with Gasteiger partial charge in [0.25, 0.3) is 0 Å². The Morgan fingerprint density at radius 2 is 2.10 bits per heavy atom. The number of carbonyl (C=O) groups excluding carboxylic acids is 1. The van der Waals surface area contributed by atoms with Gasteiger partial charge in [-0.2, -0.15) is 0 Å². The number of cyclic esters (lactones) is 1. The molecule has 0 bridgehead atoms. The third kappa shape index (κ3) is 3.03. The standard InChI is InChI=1S/C16H13NO3S/c1-2-19-12-7-5-11(6-8-12)15-17-14(16(18)20-15)10-13-4-3-9-21-13/h3-10H,2H2,1H3/b14-10-. The van der Waals surface area contributed by atoms with E-state index in [4.69, 9.17) is 9.47 Å². The monoisotopic (exact) mass is 299 g/mol. The lowest BCUT2D eigenvalue weighted by atomic mass is 10.2. The van der Waals surface area contributed by atoms with E-state index in [1.807, 2.05) is 48.7 Å². The highest BCUT2D eigenvalue weighted by molar-refractivity contribution is 7.10. The van der Waals surface area contributed by atoms with Crippen LogP contribution in [-0.2, 0) is 9.53 Å². The van der Waals surface area contributed by atoms with Gasteiger partial charge in [0.1, 0.15) is 5.75 Å². The molecule has 3 rings (SSSR count). The average molecular weight is 299 g/mol. The molecule has 0 radical (unpaired) electrons. The van der Waals surface area contributed by atoms with Gasteiger partial charge in [0.15, 0.2) is 5.70 Å². The highest BCUT2D eigenvalue weighted by Gasteiger charge is 2.24. The van der Waals surface area contributed by atoms with Crippen molar-refractivity contribution in [3.05, 3.63) is 57.9 Å². The smallest absolute Gasteiger partial charge is 0.363 e. The van der Waals surface area contributed by atoms with Gasteiger partial charge in [0.2, 0.25) is 5.90 Å². The lowest BCUT2D eigenvalue weighted by molar-refractivity contribution is -0.129. The highest BCUT2D eigenvalue weighted by atomic mass is 32.1. The first-order valence-electron chi connectivity index (χ1n) is 6.55. The van der Waals surface area contributed by atoms with Crippen LogP contribution in [0.3, 0.4) is 0 Å². The van der Waals surface area contributed by atoms with Crippen molar-refractivity contribution < 1.29 is 14.3 Å². The van der Waals surface area contributed by atoms with Crippen LogP contribution in [0.5, 0.6) is 5.75 Å². The molecule has 0 unspecified atom stereocenters. The second-order valence-corrected chi connectivity index (χ2v) is 5.29. The predicted octanol–water partition coefficient (Wildman–Crippen LogP) is 3.49. The van der Waals surface area contributed by atoms with E-state index in [0.29, 0.717) is 18.2 Å². The van der Waals surface area contributed by atoms with Gasteiger partial charge >= 0.3 is 5.97 Å². The zero-order valence-electron chi connectivity index (χ0n) is 11.4. The Hall–Kier alpha value is -2.40. The van der Waals surface area contributed by atoms with E-state index in [9.17, 15) is 4.79 Å². The first-order valence-corrected chi connectivity index (χ1v) is 7.43. The second kappa shape index (κ2) is 5.93. The van der Waals surface area contributed by atoms with Gasteiger partial charge in [-0.25, -0.2) is 9.79 Å². The van der Waals surface area contributed by atoms with Gasteiger partial charge in [0, 0.05) is 10.4 Å². The molecule has 0 N–H and O–H groups in total. The third-order valence-electron chi connectivity index (χ3n) is 2.85. The van der Waals surface area contributed by atoms with E-state index >= 15 is 0 Å². The van der Waals surface area contributed by atoms with Crippen LogP contribution in [-0.4, -0.2) is 18.5 Å². The van der Waals surface area contributed by atoms with Crippen LogP contribution in [0, 0.1) is 0 Å². The lowest BCUT2D eigenvalue weighted by Crippen LogP contribution is -2.05. The Labute approximate surface area is 126 Å². The zero-order chi connectivity index (χ0) is 14.7. The van der Waals surface area contributed by atoms with E-state index in [1.54, 1.807) is 17.4 Å². The number of benzene rings is 1. The van der Waals surface area contributed by atoms with E-state index in [0.717, 1.165) is 16.2 Å². The molecule has 0 atom stereocenters. The second-order valence-electron chi connectivity index (χ2n) is 4.31. The molecule has 2 heterocycles. The Morgan fingerprint density at radius 1 is 1.29 bits per heavy atom. The molecule has 21 heavy (non-hydrogen) atoms. The maximum Gasteiger partial charge on any atom is 0.363 e. The summed E-state index contributed by atoms with van der Waals surface area (Å²) in [4.78, 5) is 17.1. The molecule has 0 spiro atoms. The van der Waals surface area contributed by atoms with Gasteiger partial charge in [0.05, 0.1) is 6.61 Å². The Kier molecular flexibility index (Phi) is 3.83. The Morgan fingerprint density at radius 3 is 2.76 bits per heavy atom. The number of rotatable bonds is 4. The van der Waals surface area contributed by atoms with Crippen LogP contribution in [0.15, 0.2) is 52.5 Å². The van der Waals surface area contributed by atoms with Crippen molar-refractivity contribution in [3.63, 3.8) is 0 Å². The van der Waals surface area contributed by atoms with Crippen molar-refractivity contribution >= 4 is 29.3 Å². The fourth-order valence-corrected chi connectivity index (χ4v) is 2.55. The number of aliphatic imine (C=N–C) groups is 1. The molecule has 4 nitrogen and oxygen atoms in total. The molecule has 2 aromatic rings. The third-order valence-corrected chi connectivity index (χ3v) is 3.67. The van der Waals surface area contributed by atoms with Gasteiger partial charge in [-0.3, -0.25) is 0 Å². The largest absolute Gasteiger partial charge is 0.494 e. The quantitative estimate of drug-likeness (QED) is 0.641. The number of hydrogen-bond acceptors (Lipinski definition) is 5. The summed E-state index contributed by atoms with van der Waals surface area (Å²) in [6.45, 7) is 2.54. The fraction of sp³-hybridized carbons (Fsp3) is 0.125. The van der Waals surface area contributed by atoms with Crippen molar-refractivity contribution in [2.45, 2.75) is 6.92 Å². The minimum absolute atomic E-state index is 0.321. The number of carbonyl (C=O) groups is 1. The van der Waals surface area contributed by atoms with Gasteiger partial charge in [-0.15, -0.1) is 11.3 Å². The van der Waals surface area contributed by atoms with Crippen LogP contribution >= 0.6 is 11.3 Å². The summed E-state index contributed by atoms with van der Waals surface area (Å²) in [7, 11) is 0. The molecule has 0 fully saturated rings. The molecule has 0 saturated heterocycles. The minimum atomic E-state index is -0.424. The molecule has 0 aliphatic carbocycles. The summed E-state index contributed by atoms with van der Waals surface area (Å²) in [5.74, 6) is 0.679. The van der Waals surface area contributed by atoms with Gasteiger partial charge in [-0.1, -0.05) is 6.07 Å². The number of nitrogens with zero attached hydrogens (tertiary/aromatic N) is 1. The van der Waals surface area contributed by atoms with E-state index in [1.165, 1.54) is 0 Å². The van der Waals surface area contributed by atoms with E-state index in [2.05, 4.69) is 4.99 Å². The summed E-state index contributed by atoms with van der Waals surface area (Å²) < 4.78 is 10.6. The summed E-state index contributed by atoms with van der Waals surface area (Å²) in [5.41, 5.74) is 1.07. The molecule has 0 saturated carbocycles. The van der Waals surface area contributed by atoms with Crippen molar-refractivity contribution in [1.29, 1.82) is 0 Å². The summed E-state index contributed by atoms with van der Waals surface area (Å²) in [5, 5.41) is 1.95. The van der Waals surface area contributed by atoms with Crippen molar-refractivity contribution in [2.24, 2.45) is 4.99 Å². The Balaban J connectivity index is 1.84. The van der Waals surface area contributed by atoms with Crippen LogP contribution in [0.25, 0.3) is 6.08 Å². The maximum absolute atomic E-state index is 11.8. The van der Waals surface area contributed by atoms with Crippen LogP contribution in [0.2, 0.25) is 0 Å². The number of ether oxygens (including phenoxy) is 2. The molecule has 1 aromatic heterocycles. The Bertz CT molecular complexity index is 700. The minimum Gasteiger partial charge on any atom is -0.494 e. The number of esters is 1. The van der Waals surface area contributed by atoms with Crippen molar-refractivity contribution in [1.82, 2.24) is 0 Å². The molecule has 106 valence electrons. The van der Waals surface area contributed by atoms with Crippen molar-refractivity contribution in [3.8, 4) is 5.75 Å². The topological polar surface area (TPSA) is 47.9 Å². The molecular weight excluding hydrogens is 286 g/mol. The number of thiophene rings is 1. The molecule has 0 amide bonds. The van der Waals surface area contributed by atoms with Gasteiger partial charge in [-0.05, 0) is 48.7 Å². The highest BCUT2D eigenvalue weighted by Crippen LogP contribution is 2.22. The first kappa shape index (κ1) is 13.6. The molecular formula is C16H13NO3S. The van der Waals surface area contributed by atoms with Gasteiger partial charge < -0.3 is 9.47 Å². The summed E-state index contributed by atoms with van der Waals surface area (Å²) in [6, 6.07) is 11.2. The normalized spacial score (nSPS) is 16.0. The zero-order valence-corrected chi connectivity index (χ0v) is 12.2. The molecule has 1 aliphatic heterocycles. The van der Waals surface area contributed by atoms with Crippen LogP contribution in [0.1, 0.15) is 17.4 Å². The molecule has 5 heteroatoms. The van der Waals surface area contributed by atoms with Crippen LogP contribution < -0.4 is 4.74 Å². The summed E-state index contributed by atoms with van der Waals surface area (Å²) in [6.07, 6.45) is 1.73. The predicted molar refractivity (Wildman–Crippen MR) is 82.5 cm³/mol. The molecule has 1 aliphatic rings. The SMILES string of the molecule is CCOc1ccc(C2=N/C(=C\c3cccs3)C(=O)O2)cc1. The molecule has 1 aromatic carbocycles. The first-order chi connectivity index (χ1) is 10.3. The van der Waals surface area contributed by atoms with E-state index in [-0.39, 0.29) is 0 Å². The number of hydrogen-bond donors (Lipinski definition) is 0. The average Bonchev–Trinajstić information content (AvgIpc) is 3.11. The van der Waals surface area contributed by atoms with E-state index < -0.39 is 5.97 Å². The summed E-state index contributed by atoms with van der Waals surface area (Å²) >= 11 is 1.55. The maximum atomic E-state index is 11.8. The van der Waals surface area contributed by atoms with Crippen LogP contribution in [0.4, 0.5) is 0 Å². The lowest BCUT2D eigenvalue weighted by Gasteiger charge is -2.03.